The average Bonchev–Trinajstić information content (AvgIpc) is 2.73. The Balaban J connectivity index is 2.37. The number of hydrogen-bond acceptors (Lipinski definition) is 5. The second-order valence-electron chi connectivity index (χ2n) is 3.37. The van der Waals surface area contributed by atoms with Crippen molar-refractivity contribution < 1.29 is 22.7 Å². The lowest BCUT2D eigenvalue weighted by molar-refractivity contribution is 0.0661. The van der Waals surface area contributed by atoms with Gasteiger partial charge in [-0.1, -0.05) is 6.07 Å². The number of nitrogens with one attached hydrogen (secondary N) is 1. The maximum absolute atomic E-state index is 12.0. The molecule has 0 aliphatic carbocycles. The number of pyridine rings is 1. The predicted molar refractivity (Wildman–Crippen MR) is 68.4 cm³/mol. The van der Waals surface area contributed by atoms with E-state index in [1.165, 1.54) is 12.3 Å². The summed E-state index contributed by atoms with van der Waals surface area (Å²) in [6.45, 7) is 0. The molecule has 0 saturated carbocycles. The molecule has 0 radical (unpaired) electrons. The van der Waals surface area contributed by atoms with Crippen LogP contribution in [-0.2, 0) is 10.0 Å². The van der Waals surface area contributed by atoms with E-state index in [-0.39, 0.29) is 15.4 Å². The fraction of sp³-hybridized carbons (Fsp3) is 0. The second kappa shape index (κ2) is 5.02. The summed E-state index contributed by atoms with van der Waals surface area (Å²) in [5.74, 6) is -1.72. The van der Waals surface area contributed by atoms with Crippen molar-refractivity contribution in [1.82, 2.24) is 4.98 Å². The Bertz CT molecular complexity index is 711. The Morgan fingerprint density at radius 1 is 1.42 bits per heavy atom. The number of nitrogens with zero attached hydrogens (tertiary/aromatic N) is 1. The van der Waals surface area contributed by atoms with Crippen molar-refractivity contribution in [3.05, 3.63) is 40.9 Å². The summed E-state index contributed by atoms with van der Waals surface area (Å²) in [7, 11) is -3.97. The lowest BCUT2D eigenvalue weighted by Gasteiger charge is -2.04. The number of aromatic nitrogens is 1. The topological polar surface area (TPSA) is 110 Å². The standard InChI is InChI=1S/C10H7BrN2O5S/c11-9-7(5-6(18-9)10(14)15)19(16,17)13-8-3-1-2-4-12-8/h1-5H,(H,12,13)(H,14,15). The van der Waals surface area contributed by atoms with Gasteiger partial charge < -0.3 is 9.52 Å². The van der Waals surface area contributed by atoms with Gasteiger partial charge in [-0.05, 0) is 28.1 Å². The molecule has 0 bridgehead atoms. The molecular formula is C10H7BrN2O5S. The zero-order chi connectivity index (χ0) is 14.0. The lowest BCUT2D eigenvalue weighted by atomic mass is 10.5. The quantitative estimate of drug-likeness (QED) is 0.875. The first kappa shape index (κ1) is 13.6. The Kier molecular flexibility index (Phi) is 3.58. The summed E-state index contributed by atoms with van der Waals surface area (Å²) in [6.07, 6.45) is 1.42. The van der Waals surface area contributed by atoms with Gasteiger partial charge in [-0.25, -0.2) is 18.2 Å². The number of carbonyl (C=O) groups is 1. The van der Waals surface area contributed by atoms with Crippen LogP contribution in [0.3, 0.4) is 0 Å². The van der Waals surface area contributed by atoms with Crippen molar-refractivity contribution in [3.63, 3.8) is 0 Å². The molecule has 0 unspecified atom stereocenters. The number of carboxylic acids is 1. The number of aromatic carboxylic acids is 1. The Morgan fingerprint density at radius 3 is 2.68 bits per heavy atom. The van der Waals surface area contributed by atoms with Crippen LogP contribution < -0.4 is 4.72 Å². The molecule has 2 N–H and O–H groups in total. The van der Waals surface area contributed by atoms with E-state index in [1.54, 1.807) is 12.1 Å². The van der Waals surface area contributed by atoms with Gasteiger partial charge in [0.25, 0.3) is 10.0 Å². The summed E-state index contributed by atoms with van der Waals surface area (Å²) in [6, 6.07) is 5.62. The van der Waals surface area contributed by atoms with Gasteiger partial charge >= 0.3 is 5.97 Å². The van der Waals surface area contributed by atoms with Gasteiger partial charge in [0.1, 0.15) is 10.7 Å². The predicted octanol–water partition coefficient (Wildman–Crippen LogP) is 1.94. The Hall–Kier alpha value is -1.87. The van der Waals surface area contributed by atoms with E-state index in [9.17, 15) is 13.2 Å². The number of anilines is 1. The van der Waals surface area contributed by atoms with Crippen LogP contribution in [0.4, 0.5) is 5.82 Å². The van der Waals surface area contributed by atoms with Gasteiger partial charge in [-0.15, -0.1) is 0 Å². The second-order valence-corrected chi connectivity index (χ2v) is 5.75. The molecule has 2 aromatic heterocycles. The normalized spacial score (nSPS) is 11.2. The van der Waals surface area contributed by atoms with Crippen LogP contribution in [0.15, 0.2) is 44.4 Å². The van der Waals surface area contributed by atoms with Crippen LogP contribution in [0.5, 0.6) is 0 Å². The van der Waals surface area contributed by atoms with Crippen LogP contribution in [-0.4, -0.2) is 24.5 Å². The molecule has 2 rings (SSSR count). The van der Waals surface area contributed by atoms with Crippen molar-refractivity contribution in [2.24, 2.45) is 0 Å². The number of rotatable bonds is 4. The highest BCUT2D eigenvalue weighted by atomic mass is 79.9. The fourth-order valence-corrected chi connectivity index (χ4v) is 3.21. The highest BCUT2D eigenvalue weighted by Gasteiger charge is 2.25. The zero-order valence-electron chi connectivity index (χ0n) is 9.20. The number of carboxylic acid groups (broad SMARTS) is 1. The molecular weight excluding hydrogens is 340 g/mol. The number of furan rings is 1. The van der Waals surface area contributed by atoms with E-state index in [4.69, 9.17) is 9.52 Å². The van der Waals surface area contributed by atoms with Gasteiger partial charge in [-0.3, -0.25) is 4.72 Å². The van der Waals surface area contributed by atoms with Crippen LogP contribution in [0, 0.1) is 0 Å². The van der Waals surface area contributed by atoms with Crippen LogP contribution in [0.25, 0.3) is 0 Å². The molecule has 0 aliphatic heterocycles. The van der Waals surface area contributed by atoms with Crippen molar-refractivity contribution in [2.45, 2.75) is 4.90 Å². The molecule has 19 heavy (non-hydrogen) atoms. The van der Waals surface area contributed by atoms with Crippen molar-refractivity contribution >= 4 is 37.7 Å². The SMILES string of the molecule is O=C(O)c1cc(S(=O)(=O)Nc2ccccn2)c(Br)o1. The highest BCUT2D eigenvalue weighted by Crippen LogP contribution is 2.27. The molecule has 2 heterocycles. The lowest BCUT2D eigenvalue weighted by Crippen LogP contribution is -2.13. The molecule has 0 fully saturated rings. The summed E-state index contributed by atoms with van der Waals surface area (Å²) in [5, 5.41) is 8.74. The Labute approximate surface area is 116 Å². The highest BCUT2D eigenvalue weighted by molar-refractivity contribution is 9.10. The van der Waals surface area contributed by atoms with Gasteiger partial charge in [0, 0.05) is 12.3 Å². The molecule has 100 valence electrons. The van der Waals surface area contributed by atoms with Gasteiger partial charge in [-0.2, -0.15) is 0 Å². The van der Waals surface area contributed by atoms with Crippen LogP contribution in [0.1, 0.15) is 10.6 Å². The molecule has 7 nitrogen and oxygen atoms in total. The largest absolute Gasteiger partial charge is 0.475 e. The number of hydrogen-bond donors (Lipinski definition) is 2. The first-order valence-corrected chi connectivity index (χ1v) is 7.14. The molecule has 0 amide bonds. The van der Waals surface area contributed by atoms with Crippen molar-refractivity contribution in [2.75, 3.05) is 4.72 Å². The van der Waals surface area contributed by atoms with E-state index < -0.39 is 21.8 Å². The van der Waals surface area contributed by atoms with E-state index in [2.05, 4.69) is 25.6 Å². The van der Waals surface area contributed by atoms with Gasteiger partial charge in [0.05, 0.1) is 0 Å². The minimum atomic E-state index is -3.97. The molecule has 9 heteroatoms. The first-order valence-electron chi connectivity index (χ1n) is 4.86. The van der Waals surface area contributed by atoms with Gasteiger partial charge in [0.2, 0.25) is 5.76 Å². The average molecular weight is 347 g/mol. The maximum atomic E-state index is 12.0. The van der Waals surface area contributed by atoms with Gasteiger partial charge in [0.15, 0.2) is 4.67 Å². The minimum absolute atomic E-state index is 0.118. The summed E-state index contributed by atoms with van der Waals surface area (Å²) >= 11 is 2.87. The van der Waals surface area contributed by atoms with E-state index in [1.807, 2.05) is 0 Å². The third-order valence-electron chi connectivity index (χ3n) is 2.06. The smallest absolute Gasteiger partial charge is 0.371 e. The maximum Gasteiger partial charge on any atom is 0.371 e. The first-order chi connectivity index (χ1) is 8.90. The molecule has 0 spiro atoms. The van der Waals surface area contributed by atoms with Crippen molar-refractivity contribution in [3.8, 4) is 0 Å². The summed E-state index contributed by atoms with van der Waals surface area (Å²) in [5.41, 5.74) is 0. The Morgan fingerprint density at radius 2 is 2.16 bits per heavy atom. The van der Waals surface area contributed by atoms with Crippen molar-refractivity contribution in [1.29, 1.82) is 0 Å². The minimum Gasteiger partial charge on any atom is -0.475 e. The third-order valence-corrected chi connectivity index (χ3v) is 4.27. The molecule has 0 atom stereocenters. The molecule has 2 aromatic rings. The monoisotopic (exact) mass is 346 g/mol. The number of halogens is 1. The molecule has 0 aromatic carbocycles. The molecule has 0 aliphatic rings. The zero-order valence-corrected chi connectivity index (χ0v) is 11.6. The van der Waals surface area contributed by atoms with Crippen LogP contribution >= 0.6 is 15.9 Å². The third kappa shape index (κ3) is 2.93. The van der Waals surface area contributed by atoms with E-state index in [0.717, 1.165) is 6.07 Å². The summed E-state index contributed by atoms with van der Waals surface area (Å²) < 4.78 is 30.8. The van der Waals surface area contributed by atoms with Crippen LogP contribution in [0.2, 0.25) is 0 Å². The van der Waals surface area contributed by atoms with E-state index >= 15 is 0 Å². The number of sulfonamides is 1. The van der Waals surface area contributed by atoms with E-state index in [0.29, 0.717) is 0 Å². The summed E-state index contributed by atoms with van der Waals surface area (Å²) in [4.78, 5) is 14.2. The molecule has 0 saturated heterocycles. The fourth-order valence-electron chi connectivity index (χ4n) is 1.26.